The topological polar surface area (TPSA) is 66.0 Å². The molecule has 1 aliphatic heterocycles. The third kappa shape index (κ3) is 5.90. The molecule has 31 heavy (non-hydrogen) atoms. The van der Waals surface area contributed by atoms with Gasteiger partial charge in [0.25, 0.3) is 0 Å². The van der Waals surface area contributed by atoms with E-state index in [-0.39, 0.29) is 13.2 Å². The Hall–Kier alpha value is -2.77. The Morgan fingerprint density at radius 3 is 2.35 bits per heavy atom. The van der Waals surface area contributed by atoms with Crippen molar-refractivity contribution in [3.05, 3.63) is 71.2 Å². The molecule has 1 fully saturated rings. The largest absolute Gasteiger partial charge is 0.497 e. The highest BCUT2D eigenvalue weighted by Crippen LogP contribution is 2.38. The van der Waals surface area contributed by atoms with Gasteiger partial charge in [0.05, 0.1) is 18.3 Å². The van der Waals surface area contributed by atoms with Crippen LogP contribution >= 0.6 is 0 Å². The summed E-state index contributed by atoms with van der Waals surface area (Å²) in [6.07, 6.45) is 1.44. The molecule has 2 aromatic rings. The Bertz CT molecular complexity index is 911. The van der Waals surface area contributed by atoms with Crippen molar-refractivity contribution >= 4 is 19.3 Å². The summed E-state index contributed by atoms with van der Waals surface area (Å²) in [7, 11) is 1.04. The van der Waals surface area contributed by atoms with Crippen LogP contribution in [-0.4, -0.2) is 38.1 Å². The number of methoxy groups -OCH3 is 1. The number of amides is 1. The van der Waals surface area contributed by atoms with Gasteiger partial charge in [-0.3, -0.25) is 0 Å². The lowest BCUT2D eigenvalue weighted by atomic mass is 9.77. The maximum absolute atomic E-state index is 12.3. The van der Waals surface area contributed by atoms with Crippen molar-refractivity contribution in [2.45, 2.75) is 45.5 Å². The van der Waals surface area contributed by atoms with Gasteiger partial charge in [0, 0.05) is 6.54 Å². The minimum Gasteiger partial charge on any atom is -0.497 e. The molecule has 6 nitrogen and oxygen atoms in total. The van der Waals surface area contributed by atoms with Crippen LogP contribution in [0.25, 0.3) is 6.08 Å². The van der Waals surface area contributed by atoms with Crippen LogP contribution in [0.1, 0.15) is 38.8 Å². The number of carbonyl (C=O) groups excluding carboxylic acids is 1. The first-order valence-electron chi connectivity index (χ1n) is 10.3. The Kier molecular flexibility index (Phi) is 7.08. The van der Waals surface area contributed by atoms with Crippen molar-refractivity contribution in [1.29, 1.82) is 0 Å². The van der Waals surface area contributed by atoms with E-state index in [9.17, 15) is 4.79 Å². The standard InChI is InChI=1S/C24H30BNO5/c1-23(2)24(3,4)31-25(30-23)20(14-19-12-9-13-21(15-19)28-5)16-26-22(27)29-17-18-10-7-6-8-11-18/h6-15H,16-17H2,1-5H3,(H,26,27). The molecule has 0 unspecified atom stereocenters. The lowest BCUT2D eigenvalue weighted by Crippen LogP contribution is -2.41. The molecule has 0 saturated carbocycles. The highest BCUT2D eigenvalue weighted by atomic mass is 16.7. The smallest absolute Gasteiger partial charge is 0.492 e. The number of alkyl carbamates (subject to hydrolysis) is 1. The van der Waals surface area contributed by atoms with Gasteiger partial charge >= 0.3 is 13.2 Å². The van der Waals surface area contributed by atoms with Gasteiger partial charge in [-0.2, -0.15) is 0 Å². The highest BCUT2D eigenvalue weighted by molar-refractivity contribution is 6.56. The lowest BCUT2D eigenvalue weighted by Gasteiger charge is -2.32. The van der Waals surface area contributed by atoms with Crippen LogP contribution in [0.4, 0.5) is 4.79 Å². The zero-order chi connectivity index (χ0) is 22.5. The van der Waals surface area contributed by atoms with E-state index in [4.69, 9.17) is 18.8 Å². The quantitative estimate of drug-likeness (QED) is 0.658. The lowest BCUT2D eigenvalue weighted by molar-refractivity contribution is 0.00578. The molecule has 0 atom stereocenters. The summed E-state index contributed by atoms with van der Waals surface area (Å²) in [5.41, 5.74) is 1.65. The number of hydrogen-bond donors (Lipinski definition) is 1. The molecule has 0 spiro atoms. The average Bonchev–Trinajstić information content (AvgIpc) is 2.97. The summed E-state index contributed by atoms with van der Waals surface area (Å²) < 4.78 is 23.1. The number of hydrogen-bond acceptors (Lipinski definition) is 5. The van der Waals surface area contributed by atoms with E-state index in [2.05, 4.69) is 5.32 Å². The monoisotopic (exact) mass is 423 g/mol. The summed E-state index contributed by atoms with van der Waals surface area (Å²) in [6.45, 7) is 8.42. The minimum atomic E-state index is -0.592. The molecule has 0 aromatic heterocycles. The van der Waals surface area contributed by atoms with Crippen LogP contribution in [0.5, 0.6) is 5.75 Å². The van der Waals surface area contributed by atoms with E-state index in [0.29, 0.717) is 0 Å². The van der Waals surface area contributed by atoms with E-state index >= 15 is 0 Å². The Labute approximate surface area is 184 Å². The van der Waals surface area contributed by atoms with Crippen LogP contribution in [0, 0.1) is 0 Å². The molecule has 3 rings (SSSR count). The second-order valence-electron chi connectivity index (χ2n) is 8.50. The number of rotatable bonds is 7. The fourth-order valence-electron chi connectivity index (χ4n) is 3.09. The van der Waals surface area contributed by atoms with Crippen molar-refractivity contribution in [3.8, 4) is 5.75 Å². The SMILES string of the molecule is COc1cccc(C=C(CNC(=O)OCc2ccccc2)B2OC(C)(C)C(C)(C)O2)c1. The van der Waals surface area contributed by atoms with E-state index < -0.39 is 24.4 Å². The highest BCUT2D eigenvalue weighted by Gasteiger charge is 2.52. The predicted octanol–water partition coefficient (Wildman–Crippen LogP) is 4.64. The van der Waals surface area contributed by atoms with Crippen LogP contribution in [-0.2, 0) is 20.7 Å². The second kappa shape index (κ2) is 9.58. The molecule has 7 heteroatoms. The van der Waals surface area contributed by atoms with Gasteiger partial charge in [-0.15, -0.1) is 0 Å². The fourth-order valence-corrected chi connectivity index (χ4v) is 3.09. The van der Waals surface area contributed by atoms with Gasteiger partial charge in [-0.25, -0.2) is 4.79 Å². The first-order valence-corrected chi connectivity index (χ1v) is 10.3. The van der Waals surface area contributed by atoms with Gasteiger partial charge in [0.1, 0.15) is 12.4 Å². The van der Waals surface area contributed by atoms with Crippen LogP contribution in [0.2, 0.25) is 0 Å². The van der Waals surface area contributed by atoms with Crippen molar-refractivity contribution < 1.29 is 23.6 Å². The molecule has 1 amide bonds. The molecular formula is C24H30BNO5. The number of ether oxygens (including phenoxy) is 2. The molecule has 2 aromatic carbocycles. The van der Waals surface area contributed by atoms with Crippen molar-refractivity contribution in [2.75, 3.05) is 13.7 Å². The first kappa shape index (κ1) is 22.9. The van der Waals surface area contributed by atoms with Gasteiger partial charge in [-0.1, -0.05) is 48.5 Å². The molecule has 0 radical (unpaired) electrons. The van der Waals surface area contributed by atoms with Crippen molar-refractivity contribution in [1.82, 2.24) is 5.32 Å². The second-order valence-corrected chi connectivity index (χ2v) is 8.50. The van der Waals surface area contributed by atoms with Gasteiger partial charge in [-0.05, 0) is 56.4 Å². The van der Waals surface area contributed by atoms with E-state index in [1.165, 1.54) is 0 Å². The summed E-state index contributed by atoms with van der Waals surface area (Å²) >= 11 is 0. The Morgan fingerprint density at radius 2 is 1.71 bits per heavy atom. The van der Waals surface area contributed by atoms with E-state index in [1.54, 1.807) is 7.11 Å². The average molecular weight is 423 g/mol. The first-order chi connectivity index (χ1) is 14.7. The van der Waals surface area contributed by atoms with E-state index in [1.807, 2.05) is 88.4 Å². The molecule has 1 N–H and O–H groups in total. The van der Waals surface area contributed by atoms with Crippen LogP contribution in [0.15, 0.2) is 60.1 Å². The summed E-state index contributed by atoms with van der Waals surface area (Å²) in [4.78, 5) is 12.3. The fraction of sp³-hybridized carbons (Fsp3) is 0.375. The number of benzene rings is 2. The maximum atomic E-state index is 12.3. The molecule has 0 aliphatic carbocycles. The van der Waals surface area contributed by atoms with Gasteiger partial charge < -0.3 is 24.1 Å². The van der Waals surface area contributed by atoms with Crippen molar-refractivity contribution in [2.24, 2.45) is 0 Å². The molecule has 1 aliphatic rings. The zero-order valence-electron chi connectivity index (χ0n) is 18.8. The molecule has 1 heterocycles. The van der Waals surface area contributed by atoms with Crippen LogP contribution in [0.3, 0.4) is 0 Å². The Balaban J connectivity index is 1.73. The summed E-state index contributed by atoms with van der Waals surface area (Å²) in [5, 5.41) is 2.81. The number of nitrogens with one attached hydrogen (secondary N) is 1. The predicted molar refractivity (Wildman–Crippen MR) is 122 cm³/mol. The number of carbonyl (C=O) groups is 1. The molecule has 1 saturated heterocycles. The molecule has 164 valence electrons. The van der Waals surface area contributed by atoms with Crippen molar-refractivity contribution in [3.63, 3.8) is 0 Å². The van der Waals surface area contributed by atoms with Gasteiger partial charge in [0.2, 0.25) is 0 Å². The summed E-state index contributed by atoms with van der Waals surface area (Å²) in [5.74, 6) is 0.747. The normalized spacial score (nSPS) is 17.3. The zero-order valence-corrected chi connectivity index (χ0v) is 18.8. The van der Waals surface area contributed by atoms with E-state index in [0.717, 1.165) is 22.3 Å². The third-order valence-corrected chi connectivity index (χ3v) is 5.65. The molecule has 0 bridgehead atoms. The van der Waals surface area contributed by atoms with Crippen LogP contribution < -0.4 is 10.1 Å². The summed E-state index contributed by atoms with van der Waals surface area (Å²) in [6, 6.07) is 17.2. The maximum Gasteiger partial charge on any atom is 0.492 e. The third-order valence-electron chi connectivity index (χ3n) is 5.65. The minimum absolute atomic E-state index is 0.206. The molecular weight excluding hydrogens is 393 g/mol. The Morgan fingerprint density at radius 1 is 1.03 bits per heavy atom. The van der Waals surface area contributed by atoms with Gasteiger partial charge in [0.15, 0.2) is 0 Å².